The lowest BCUT2D eigenvalue weighted by Crippen LogP contribution is -2.54. The summed E-state index contributed by atoms with van der Waals surface area (Å²) in [5.74, 6) is -2.64. The first kappa shape index (κ1) is 23.6. The third-order valence-corrected chi connectivity index (χ3v) is 5.58. The number of hydrogen-bond donors (Lipinski definition) is 4. The standard InChI is InChI=1S/C22H29N5O5/c23-11-3-1-2-4-12-24-13-10-18(29)25-15-7-5-6-14-19(15)22(32)27(21(14)31)16-8-9-17(28)26-20(16)30/h5-7,16,24H,1-4,8-13,23H2,(H,25,29)(H,26,28,30). The first-order chi connectivity index (χ1) is 15.4. The zero-order valence-electron chi connectivity index (χ0n) is 17.9. The van der Waals surface area contributed by atoms with E-state index in [2.05, 4.69) is 16.0 Å². The van der Waals surface area contributed by atoms with Crippen molar-refractivity contribution in [2.24, 2.45) is 5.73 Å². The summed E-state index contributed by atoms with van der Waals surface area (Å²) in [5, 5.41) is 8.08. The fraction of sp³-hybridized carbons (Fsp3) is 0.500. The van der Waals surface area contributed by atoms with Crippen LogP contribution in [0.1, 0.15) is 65.7 Å². The molecular weight excluding hydrogens is 414 g/mol. The molecule has 5 amide bonds. The number of unbranched alkanes of at least 4 members (excludes halogenated alkanes) is 3. The van der Waals surface area contributed by atoms with E-state index in [4.69, 9.17) is 5.73 Å². The van der Waals surface area contributed by atoms with Crippen LogP contribution in [0.4, 0.5) is 5.69 Å². The Bertz CT molecular complexity index is 916. The molecule has 1 fully saturated rings. The van der Waals surface area contributed by atoms with Crippen LogP contribution in [0.3, 0.4) is 0 Å². The number of hydrogen-bond acceptors (Lipinski definition) is 7. The summed E-state index contributed by atoms with van der Waals surface area (Å²) in [4.78, 5) is 62.7. The molecule has 0 aliphatic carbocycles. The van der Waals surface area contributed by atoms with Crippen molar-refractivity contribution in [3.05, 3.63) is 29.3 Å². The largest absolute Gasteiger partial charge is 0.330 e. The normalized spacial score (nSPS) is 18.0. The van der Waals surface area contributed by atoms with E-state index >= 15 is 0 Å². The highest BCUT2D eigenvalue weighted by Crippen LogP contribution is 2.32. The molecule has 1 aromatic carbocycles. The van der Waals surface area contributed by atoms with E-state index in [1.807, 2.05) is 0 Å². The van der Waals surface area contributed by atoms with Gasteiger partial charge in [0.15, 0.2) is 0 Å². The summed E-state index contributed by atoms with van der Waals surface area (Å²) in [6.07, 6.45) is 4.56. The van der Waals surface area contributed by atoms with E-state index in [0.717, 1.165) is 37.1 Å². The van der Waals surface area contributed by atoms with Crippen molar-refractivity contribution in [1.29, 1.82) is 0 Å². The number of nitrogens with two attached hydrogens (primary N) is 1. The molecular formula is C22H29N5O5. The monoisotopic (exact) mass is 443 g/mol. The maximum absolute atomic E-state index is 13.0. The van der Waals surface area contributed by atoms with Gasteiger partial charge in [0.25, 0.3) is 11.8 Å². The minimum Gasteiger partial charge on any atom is -0.330 e. The van der Waals surface area contributed by atoms with Gasteiger partial charge in [-0.2, -0.15) is 0 Å². The topological polar surface area (TPSA) is 151 Å². The molecule has 0 saturated carbocycles. The van der Waals surface area contributed by atoms with Crippen molar-refractivity contribution in [1.82, 2.24) is 15.5 Å². The molecule has 10 nitrogen and oxygen atoms in total. The van der Waals surface area contributed by atoms with Gasteiger partial charge in [0.2, 0.25) is 17.7 Å². The van der Waals surface area contributed by atoms with Gasteiger partial charge in [0.1, 0.15) is 6.04 Å². The van der Waals surface area contributed by atoms with Gasteiger partial charge in [-0.05, 0) is 44.5 Å². The number of rotatable bonds is 11. The highest BCUT2D eigenvalue weighted by Gasteiger charge is 2.45. The van der Waals surface area contributed by atoms with E-state index < -0.39 is 29.7 Å². The minimum atomic E-state index is -1.04. The predicted molar refractivity (Wildman–Crippen MR) is 117 cm³/mol. The molecule has 1 unspecified atom stereocenters. The predicted octanol–water partition coefficient (Wildman–Crippen LogP) is 0.525. The Morgan fingerprint density at radius 1 is 1.06 bits per heavy atom. The number of amides is 5. The smallest absolute Gasteiger partial charge is 0.264 e. The molecule has 0 aromatic heterocycles. The summed E-state index contributed by atoms with van der Waals surface area (Å²) in [7, 11) is 0. The number of piperidine rings is 1. The second-order valence-corrected chi connectivity index (χ2v) is 7.93. The lowest BCUT2D eigenvalue weighted by atomic mass is 10.0. The number of nitrogens with zero attached hydrogens (tertiary/aromatic N) is 1. The number of carbonyl (C=O) groups is 5. The third-order valence-electron chi connectivity index (χ3n) is 5.58. The summed E-state index contributed by atoms with van der Waals surface area (Å²) in [6, 6.07) is 3.58. The first-order valence-corrected chi connectivity index (χ1v) is 11.0. The van der Waals surface area contributed by atoms with Crippen molar-refractivity contribution >= 4 is 35.2 Å². The molecule has 2 heterocycles. The van der Waals surface area contributed by atoms with Crippen LogP contribution in [0.2, 0.25) is 0 Å². The van der Waals surface area contributed by atoms with Crippen molar-refractivity contribution in [2.75, 3.05) is 25.0 Å². The Balaban J connectivity index is 1.57. The minimum absolute atomic E-state index is 0.0490. The summed E-state index contributed by atoms with van der Waals surface area (Å²) < 4.78 is 0. The van der Waals surface area contributed by atoms with Crippen molar-refractivity contribution in [2.45, 2.75) is 51.0 Å². The maximum atomic E-state index is 13.0. The second-order valence-electron chi connectivity index (χ2n) is 7.93. The molecule has 2 aliphatic heterocycles. The number of anilines is 1. The molecule has 0 radical (unpaired) electrons. The summed E-state index contributed by atoms with van der Waals surface area (Å²) in [5.41, 5.74) is 5.91. The van der Waals surface area contributed by atoms with Crippen LogP contribution in [0.5, 0.6) is 0 Å². The van der Waals surface area contributed by atoms with Crippen LogP contribution in [0.25, 0.3) is 0 Å². The highest BCUT2D eigenvalue weighted by molar-refractivity contribution is 6.26. The molecule has 2 aliphatic rings. The van der Waals surface area contributed by atoms with Crippen LogP contribution < -0.4 is 21.7 Å². The molecule has 1 aromatic rings. The fourth-order valence-electron chi connectivity index (χ4n) is 3.91. The Hall–Kier alpha value is -3.11. The lowest BCUT2D eigenvalue weighted by Gasteiger charge is -2.27. The van der Waals surface area contributed by atoms with Gasteiger partial charge in [-0.3, -0.25) is 34.2 Å². The van der Waals surface area contributed by atoms with Crippen LogP contribution in [0.15, 0.2) is 18.2 Å². The second kappa shape index (κ2) is 11.0. The van der Waals surface area contributed by atoms with Gasteiger partial charge in [-0.15, -0.1) is 0 Å². The number of benzene rings is 1. The Labute approximate surface area is 186 Å². The van der Waals surface area contributed by atoms with E-state index in [1.54, 1.807) is 12.1 Å². The van der Waals surface area contributed by atoms with Gasteiger partial charge in [0.05, 0.1) is 16.8 Å². The van der Waals surface area contributed by atoms with E-state index in [0.29, 0.717) is 13.1 Å². The van der Waals surface area contributed by atoms with Gasteiger partial charge >= 0.3 is 0 Å². The van der Waals surface area contributed by atoms with E-state index in [-0.39, 0.29) is 42.0 Å². The molecule has 1 atom stereocenters. The quantitative estimate of drug-likeness (QED) is 0.288. The average Bonchev–Trinajstić information content (AvgIpc) is 3.01. The Morgan fingerprint density at radius 3 is 2.59 bits per heavy atom. The maximum Gasteiger partial charge on any atom is 0.264 e. The SMILES string of the molecule is NCCCCCCNCCC(=O)Nc1cccc2c1C(=O)N(C1CCC(=O)NC1=O)C2=O. The fourth-order valence-corrected chi connectivity index (χ4v) is 3.91. The number of fused-ring (bicyclic) bond motifs is 1. The average molecular weight is 444 g/mol. The van der Waals surface area contributed by atoms with Crippen molar-refractivity contribution in [3.8, 4) is 0 Å². The van der Waals surface area contributed by atoms with Gasteiger partial charge in [0, 0.05) is 19.4 Å². The zero-order valence-corrected chi connectivity index (χ0v) is 17.9. The Morgan fingerprint density at radius 2 is 1.84 bits per heavy atom. The lowest BCUT2D eigenvalue weighted by molar-refractivity contribution is -0.136. The molecule has 0 spiro atoms. The van der Waals surface area contributed by atoms with Crippen molar-refractivity contribution in [3.63, 3.8) is 0 Å². The summed E-state index contributed by atoms with van der Waals surface area (Å²) in [6.45, 7) is 2.01. The van der Waals surface area contributed by atoms with Gasteiger partial charge in [-0.25, -0.2) is 0 Å². The molecule has 5 N–H and O–H groups in total. The zero-order chi connectivity index (χ0) is 23.1. The number of imide groups is 2. The molecule has 10 heteroatoms. The van der Waals surface area contributed by atoms with Crippen LogP contribution in [0, 0.1) is 0 Å². The summed E-state index contributed by atoms with van der Waals surface area (Å²) >= 11 is 0. The number of nitrogens with one attached hydrogen (secondary N) is 3. The molecule has 1 saturated heterocycles. The van der Waals surface area contributed by atoms with Crippen LogP contribution in [-0.4, -0.2) is 60.1 Å². The molecule has 3 rings (SSSR count). The van der Waals surface area contributed by atoms with Gasteiger partial charge < -0.3 is 16.4 Å². The van der Waals surface area contributed by atoms with E-state index in [1.165, 1.54) is 6.07 Å². The third kappa shape index (κ3) is 5.38. The first-order valence-electron chi connectivity index (χ1n) is 11.0. The molecule has 0 bridgehead atoms. The molecule has 32 heavy (non-hydrogen) atoms. The highest BCUT2D eigenvalue weighted by atomic mass is 16.2. The number of carbonyl (C=O) groups excluding carboxylic acids is 5. The Kier molecular flexibility index (Phi) is 8.07. The van der Waals surface area contributed by atoms with Crippen LogP contribution in [-0.2, 0) is 14.4 Å². The van der Waals surface area contributed by atoms with E-state index in [9.17, 15) is 24.0 Å². The van der Waals surface area contributed by atoms with Crippen molar-refractivity contribution < 1.29 is 24.0 Å². The molecule has 172 valence electrons. The van der Waals surface area contributed by atoms with Crippen LogP contribution >= 0.6 is 0 Å². The van der Waals surface area contributed by atoms with Gasteiger partial charge in [-0.1, -0.05) is 18.9 Å².